The molecule has 15 heavy (non-hydrogen) atoms. The van der Waals surface area contributed by atoms with Crippen molar-refractivity contribution in [2.24, 2.45) is 0 Å². The molecule has 0 radical (unpaired) electrons. The molecule has 2 nitrogen and oxygen atoms in total. The quantitative estimate of drug-likeness (QED) is 0.815. The molecule has 2 unspecified atom stereocenters. The lowest BCUT2D eigenvalue weighted by atomic mass is 10.0. The van der Waals surface area contributed by atoms with Gasteiger partial charge >= 0.3 is 0 Å². The fraction of sp³-hybridized carbons (Fsp3) is 0.538. The topological polar surface area (TPSA) is 21.3 Å². The lowest BCUT2D eigenvalue weighted by molar-refractivity contribution is 0.176. The van der Waals surface area contributed by atoms with Gasteiger partial charge in [0.1, 0.15) is 11.9 Å². The van der Waals surface area contributed by atoms with Gasteiger partial charge in [-0.2, -0.15) is 0 Å². The van der Waals surface area contributed by atoms with E-state index in [1.54, 1.807) is 0 Å². The normalized spacial score (nSPS) is 20.8. The van der Waals surface area contributed by atoms with Crippen LogP contribution in [0.15, 0.2) is 24.3 Å². The number of ether oxygens (including phenoxy) is 1. The van der Waals surface area contributed by atoms with Crippen molar-refractivity contribution in [3.8, 4) is 5.75 Å². The van der Waals surface area contributed by atoms with E-state index in [1.807, 2.05) is 6.07 Å². The van der Waals surface area contributed by atoms with Gasteiger partial charge in [0.25, 0.3) is 0 Å². The van der Waals surface area contributed by atoms with E-state index < -0.39 is 0 Å². The van der Waals surface area contributed by atoms with E-state index in [1.165, 1.54) is 5.56 Å². The van der Waals surface area contributed by atoms with Gasteiger partial charge in [-0.15, -0.1) is 0 Å². The van der Waals surface area contributed by atoms with Crippen molar-refractivity contribution in [2.75, 3.05) is 6.54 Å². The van der Waals surface area contributed by atoms with Crippen LogP contribution in [0.2, 0.25) is 0 Å². The van der Waals surface area contributed by atoms with Gasteiger partial charge in [-0.05, 0) is 24.6 Å². The van der Waals surface area contributed by atoms with Crippen LogP contribution >= 0.6 is 0 Å². The second-order valence-corrected chi connectivity index (χ2v) is 4.04. The van der Waals surface area contributed by atoms with Crippen LogP contribution < -0.4 is 10.1 Å². The van der Waals surface area contributed by atoms with E-state index in [-0.39, 0.29) is 0 Å². The van der Waals surface area contributed by atoms with Gasteiger partial charge in [0.2, 0.25) is 0 Å². The molecule has 0 amide bonds. The number of nitrogens with one attached hydrogen (secondary N) is 1. The molecule has 2 atom stereocenters. The van der Waals surface area contributed by atoms with Crippen molar-refractivity contribution >= 4 is 0 Å². The second-order valence-electron chi connectivity index (χ2n) is 4.04. The third-order valence-corrected chi connectivity index (χ3v) is 3.03. The maximum atomic E-state index is 5.95. The summed E-state index contributed by atoms with van der Waals surface area (Å²) in [6.07, 6.45) is 2.47. The summed E-state index contributed by atoms with van der Waals surface area (Å²) >= 11 is 0. The van der Waals surface area contributed by atoms with E-state index in [0.29, 0.717) is 12.1 Å². The standard InChI is InChI=1S/C13H19NO/c1-3-11(14-4-2)13-9-10-7-5-6-8-12(10)15-13/h5-8,11,13-14H,3-4,9H2,1-2H3. The van der Waals surface area contributed by atoms with Gasteiger partial charge in [-0.1, -0.05) is 32.0 Å². The molecule has 1 heterocycles. The monoisotopic (exact) mass is 205 g/mol. The van der Waals surface area contributed by atoms with E-state index in [4.69, 9.17) is 4.74 Å². The zero-order valence-corrected chi connectivity index (χ0v) is 9.49. The predicted molar refractivity (Wildman–Crippen MR) is 62.3 cm³/mol. The number of hydrogen-bond acceptors (Lipinski definition) is 2. The molecule has 1 N–H and O–H groups in total. The number of rotatable bonds is 4. The summed E-state index contributed by atoms with van der Waals surface area (Å²) in [5.74, 6) is 1.07. The molecule has 1 aromatic rings. The highest BCUT2D eigenvalue weighted by Gasteiger charge is 2.28. The van der Waals surface area contributed by atoms with Gasteiger partial charge in [0, 0.05) is 12.5 Å². The van der Waals surface area contributed by atoms with Crippen molar-refractivity contribution < 1.29 is 4.74 Å². The Morgan fingerprint density at radius 3 is 2.87 bits per heavy atom. The molecule has 2 heteroatoms. The molecular weight excluding hydrogens is 186 g/mol. The predicted octanol–water partition coefficient (Wildman–Crippen LogP) is 2.38. The van der Waals surface area contributed by atoms with Crippen molar-refractivity contribution in [3.63, 3.8) is 0 Å². The maximum Gasteiger partial charge on any atom is 0.123 e. The molecule has 82 valence electrons. The molecule has 2 rings (SSSR count). The summed E-state index contributed by atoms with van der Waals surface area (Å²) < 4.78 is 5.95. The van der Waals surface area contributed by atoms with E-state index >= 15 is 0 Å². The Hall–Kier alpha value is -1.02. The van der Waals surface area contributed by atoms with Crippen LogP contribution in [0, 0.1) is 0 Å². The molecule has 0 bridgehead atoms. The van der Waals surface area contributed by atoms with Crippen LogP contribution in [0.4, 0.5) is 0 Å². The molecule has 0 aromatic heterocycles. The smallest absolute Gasteiger partial charge is 0.123 e. The number of likely N-dealkylation sites (N-methyl/N-ethyl adjacent to an activating group) is 1. The molecule has 1 aliphatic rings. The van der Waals surface area contributed by atoms with Crippen molar-refractivity contribution in [2.45, 2.75) is 38.8 Å². The minimum atomic E-state index is 0.312. The minimum absolute atomic E-state index is 0.312. The first kappa shape index (κ1) is 10.5. The Balaban J connectivity index is 2.05. The lowest BCUT2D eigenvalue weighted by Crippen LogP contribution is -2.41. The largest absolute Gasteiger partial charge is 0.488 e. The summed E-state index contributed by atoms with van der Waals surface area (Å²) in [7, 11) is 0. The van der Waals surface area contributed by atoms with Crippen LogP contribution in [0.1, 0.15) is 25.8 Å². The van der Waals surface area contributed by atoms with Crippen molar-refractivity contribution in [3.05, 3.63) is 29.8 Å². The van der Waals surface area contributed by atoms with Gasteiger partial charge in [-0.3, -0.25) is 0 Å². The molecule has 1 aromatic carbocycles. The zero-order chi connectivity index (χ0) is 10.7. The first-order valence-corrected chi connectivity index (χ1v) is 5.83. The zero-order valence-electron chi connectivity index (χ0n) is 9.49. The van der Waals surface area contributed by atoms with Gasteiger partial charge in [-0.25, -0.2) is 0 Å². The molecule has 1 aliphatic heterocycles. The van der Waals surface area contributed by atoms with Crippen molar-refractivity contribution in [1.29, 1.82) is 0 Å². The third-order valence-electron chi connectivity index (χ3n) is 3.03. The molecule has 0 saturated heterocycles. The minimum Gasteiger partial charge on any atom is -0.488 e. The number of benzene rings is 1. The molecule has 0 spiro atoms. The first-order valence-electron chi connectivity index (χ1n) is 5.83. The van der Waals surface area contributed by atoms with Crippen LogP contribution in [-0.2, 0) is 6.42 Å². The number of hydrogen-bond donors (Lipinski definition) is 1. The van der Waals surface area contributed by atoms with Crippen LogP contribution in [-0.4, -0.2) is 18.7 Å². The summed E-state index contributed by atoms with van der Waals surface area (Å²) in [6, 6.07) is 8.82. The van der Waals surface area contributed by atoms with Gasteiger partial charge in [0.05, 0.1) is 0 Å². The fourth-order valence-corrected chi connectivity index (χ4v) is 2.23. The summed E-state index contributed by atoms with van der Waals surface area (Å²) in [4.78, 5) is 0. The molecule has 0 aliphatic carbocycles. The maximum absolute atomic E-state index is 5.95. The van der Waals surface area contributed by atoms with Crippen LogP contribution in [0.3, 0.4) is 0 Å². The molecule has 0 saturated carbocycles. The number of para-hydroxylation sites is 1. The van der Waals surface area contributed by atoms with E-state index in [0.717, 1.165) is 25.1 Å². The first-order chi connectivity index (χ1) is 7.35. The number of fused-ring (bicyclic) bond motifs is 1. The Kier molecular flexibility index (Phi) is 3.27. The average Bonchev–Trinajstić information content (AvgIpc) is 2.69. The highest BCUT2D eigenvalue weighted by Crippen LogP contribution is 2.29. The van der Waals surface area contributed by atoms with Crippen LogP contribution in [0.5, 0.6) is 5.75 Å². The second kappa shape index (κ2) is 4.67. The Morgan fingerprint density at radius 1 is 1.40 bits per heavy atom. The van der Waals surface area contributed by atoms with Crippen LogP contribution in [0.25, 0.3) is 0 Å². The van der Waals surface area contributed by atoms with E-state index in [2.05, 4.69) is 37.4 Å². The Morgan fingerprint density at radius 2 is 2.20 bits per heavy atom. The highest BCUT2D eigenvalue weighted by molar-refractivity contribution is 5.37. The lowest BCUT2D eigenvalue weighted by Gasteiger charge is -2.22. The fourth-order valence-electron chi connectivity index (χ4n) is 2.23. The van der Waals surface area contributed by atoms with E-state index in [9.17, 15) is 0 Å². The Labute approximate surface area is 91.6 Å². The third kappa shape index (κ3) is 2.15. The van der Waals surface area contributed by atoms with Gasteiger partial charge < -0.3 is 10.1 Å². The molecular formula is C13H19NO. The molecule has 0 fully saturated rings. The summed E-state index contributed by atoms with van der Waals surface area (Å²) in [5.41, 5.74) is 1.35. The highest BCUT2D eigenvalue weighted by atomic mass is 16.5. The van der Waals surface area contributed by atoms with Gasteiger partial charge in [0.15, 0.2) is 0 Å². The summed E-state index contributed by atoms with van der Waals surface area (Å²) in [5, 5.41) is 3.48. The summed E-state index contributed by atoms with van der Waals surface area (Å²) in [6.45, 7) is 5.36. The van der Waals surface area contributed by atoms with Crippen molar-refractivity contribution in [1.82, 2.24) is 5.32 Å². The Bertz CT molecular complexity index is 299. The average molecular weight is 205 g/mol. The SMILES string of the molecule is CCNC(CC)C1Cc2ccccc2O1.